The molecule has 0 bridgehead atoms. The molecule has 3 aromatic rings. The second kappa shape index (κ2) is 8.51. The number of ether oxygens (including phenoxy) is 2. The van der Waals surface area contributed by atoms with Crippen LogP contribution in [0.5, 0.6) is 11.5 Å². The molecule has 3 rings (SSSR count). The lowest BCUT2D eigenvalue weighted by atomic mass is 10.1. The molecule has 7 nitrogen and oxygen atoms in total. The van der Waals surface area contributed by atoms with Crippen molar-refractivity contribution in [2.45, 2.75) is 0 Å². The summed E-state index contributed by atoms with van der Waals surface area (Å²) >= 11 is 3.43. The van der Waals surface area contributed by atoms with Crippen LogP contribution in [-0.4, -0.2) is 24.0 Å². The summed E-state index contributed by atoms with van der Waals surface area (Å²) in [5.74, 6) is 1.21. The van der Waals surface area contributed by atoms with Crippen LogP contribution >= 0.6 is 15.9 Å². The second-order valence-electron chi connectivity index (χ2n) is 5.88. The predicted octanol–water partition coefficient (Wildman–Crippen LogP) is 4.17. The zero-order chi connectivity index (χ0) is 21.0. The van der Waals surface area contributed by atoms with Crippen molar-refractivity contribution in [1.29, 1.82) is 10.5 Å². The minimum absolute atomic E-state index is 0.140. The number of hydrogen-bond donors (Lipinski definition) is 1. The number of nitriles is 2. The van der Waals surface area contributed by atoms with Gasteiger partial charge < -0.3 is 15.2 Å². The van der Waals surface area contributed by atoms with E-state index in [1.165, 1.54) is 18.9 Å². The maximum Gasteiger partial charge on any atom is 0.174 e. The van der Waals surface area contributed by atoms with Gasteiger partial charge in [0.15, 0.2) is 11.5 Å². The van der Waals surface area contributed by atoms with Crippen LogP contribution in [-0.2, 0) is 0 Å². The number of anilines is 1. The maximum absolute atomic E-state index is 9.74. The van der Waals surface area contributed by atoms with E-state index in [-0.39, 0.29) is 22.6 Å². The molecule has 0 saturated carbocycles. The molecule has 144 valence electrons. The minimum atomic E-state index is 0.140. The first-order valence-electron chi connectivity index (χ1n) is 8.41. The molecule has 0 atom stereocenters. The topological polar surface area (TPSA) is 110 Å². The number of nitrogen functional groups attached to an aromatic ring is 1. The van der Waals surface area contributed by atoms with E-state index >= 15 is 0 Å². The van der Waals surface area contributed by atoms with Gasteiger partial charge in [-0.05, 0) is 51.8 Å². The molecule has 29 heavy (non-hydrogen) atoms. The third kappa shape index (κ3) is 3.79. The van der Waals surface area contributed by atoms with Crippen molar-refractivity contribution in [1.82, 2.24) is 9.78 Å². The Bertz CT molecular complexity index is 1170. The highest BCUT2D eigenvalue weighted by molar-refractivity contribution is 9.10. The van der Waals surface area contributed by atoms with Crippen LogP contribution in [0.25, 0.3) is 17.3 Å². The summed E-state index contributed by atoms with van der Waals surface area (Å²) in [7, 11) is 3.07. The number of allylic oxidation sites excluding steroid dienone is 1. The number of hydrogen-bond acceptors (Lipinski definition) is 6. The summed E-state index contributed by atoms with van der Waals surface area (Å²) in [6, 6.07) is 16.8. The minimum Gasteiger partial charge on any atom is -0.493 e. The van der Waals surface area contributed by atoms with E-state index in [0.717, 1.165) is 0 Å². The Balaban J connectivity index is 2.16. The van der Waals surface area contributed by atoms with E-state index < -0.39 is 0 Å². The van der Waals surface area contributed by atoms with Crippen LogP contribution < -0.4 is 15.2 Å². The van der Waals surface area contributed by atoms with Gasteiger partial charge in [0.2, 0.25) is 0 Å². The lowest BCUT2D eigenvalue weighted by molar-refractivity contribution is 0.353. The molecule has 0 unspecified atom stereocenters. The molecule has 0 radical (unpaired) electrons. The highest BCUT2D eigenvalue weighted by atomic mass is 79.9. The number of para-hydroxylation sites is 1. The standard InChI is InChI=1S/C21H16BrN5O2/c1-28-18-10-13(9-17(22)20(18)29-2)8-14(11-23)19-16(12-24)21(25)27(26-19)15-6-4-3-5-7-15/h3-10H,25H2,1-2H3/b14-8-. The van der Waals surface area contributed by atoms with E-state index in [0.29, 0.717) is 27.2 Å². The molecule has 0 saturated heterocycles. The first kappa shape index (κ1) is 20.0. The van der Waals surface area contributed by atoms with E-state index in [9.17, 15) is 10.5 Å². The number of benzene rings is 2. The van der Waals surface area contributed by atoms with Gasteiger partial charge in [-0.3, -0.25) is 0 Å². The van der Waals surface area contributed by atoms with Crippen LogP contribution in [0.2, 0.25) is 0 Å². The van der Waals surface area contributed by atoms with Crippen LogP contribution in [0.3, 0.4) is 0 Å². The fourth-order valence-electron chi connectivity index (χ4n) is 2.84. The summed E-state index contributed by atoms with van der Waals surface area (Å²) in [6.45, 7) is 0. The van der Waals surface area contributed by atoms with Crippen molar-refractivity contribution in [3.63, 3.8) is 0 Å². The summed E-state index contributed by atoms with van der Waals surface area (Å²) in [5, 5.41) is 23.8. The highest BCUT2D eigenvalue weighted by Crippen LogP contribution is 2.37. The average Bonchev–Trinajstić information content (AvgIpc) is 3.08. The Morgan fingerprint density at radius 3 is 2.48 bits per heavy atom. The fraction of sp³-hybridized carbons (Fsp3) is 0.0952. The van der Waals surface area contributed by atoms with Crippen molar-refractivity contribution in [3.05, 3.63) is 63.8 Å². The van der Waals surface area contributed by atoms with Gasteiger partial charge in [0.1, 0.15) is 29.2 Å². The molecule has 0 aliphatic rings. The Labute approximate surface area is 176 Å². The molecule has 2 N–H and O–H groups in total. The van der Waals surface area contributed by atoms with Crippen LogP contribution in [0, 0.1) is 22.7 Å². The number of aromatic nitrogens is 2. The Morgan fingerprint density at radius 2 is 1.90 bits per heavy atom. The molecule has 1 heterocycles. The van der Waals surface area contributed by atoms with E-state index in [1.807, 2.05) is 30.3 Å². The zero-order valence-corrected chi connectivity index (χ0v) is 17.3. The lowest BCUT2D eigenvalue weighted by Gasteiger charge is -2.10. The molecule has 0 aliphatic heterocycles. The Kier molecular flexibility index (Phi) is 5.87. The Morgan fingerprint density at radius 1 is 1.17 bits per heavy atom. The zero-order valence-electron chi connectivity index (χ0n) is 15.7. The summed E-state index contributed by atoms with van der Waals surface area (Å²) < 4.78 is 12.8. The SMILES string of the molecule is COc1cc(/C=C(/C#N)c2nn(-c3ccccc3)c(N)c2C#N)cc(Br)c1OC. The summed E-state index contributed by atoms with van der Waals surface area (Å²) in [4.78, 5) is 0. The molecule has 0 amide bonds. The number of nitrogens with zero attached hydrogens (tertiary/aromatic N) is 4. The lowest BCUT2D eigenvalue weighted by Crippen LogP contribution is -2.02. The first-order valence-corrected chi connectivity index (χ1v) is 9.21. The molecular weight excluding hydrogens is 434 g/mol. The molecular formula is C21H16BrN5O2. The van der Waals surface area contributed by atoms with Crippen molar-refractivity contribution < 1.29 is 9.47 Å². The highest BCUT2D eigenvalue weighted by Gasteiger charge is 2.20. The molecule has 1 aromatic heterocycles. The molecule has 2 aromatic carbocycles. The Hall–Kier alpha value is -3.75. The molecule has 8 heteroatoms. The molecule has 0 spiro atoms. The van der Waals surface area contributed by atoms with Gasteiger partial charge in [-0.15, -0.1) is 0 Å². The van der Waals surface area contributed by atoms with Crippen LogP contribution in [0.4, 0.5) is 5.82 Å². The van der Waals surface area contributed by atoms with Gasteiger partial charge in [-0.25, -0.2) is 4.68 Å². The van der Waals surface area contributed by atoms with Crippen LogP contribution in [0.15, 0.2) is 46.9 Å². The van der Waals surface area contributed by atoms with Gasteiger partial charge in [0.25, 0.3) is 0 Å². The van der Waals surface area contributed by atoms with Gasteiger partial charge in [0.05, 0.1) is 30.0 Å². The summed E-state index contributed by atoms with van der Waals surface area (Å²) in [5.41, 5.74) is 8.05. The van der Waals surface area contributed by atoms with E-state index in [4.69, 9.17) is 15.2 Å². The summed E-state index contributed by atoms with van der Waals surface area (Å²) in [6.07, 6.45) is 1.62. The van der Waals surface area contributed by atoms with Gasteiger partial charge in [-0.1, -0.05) is 18.2 Å². The monoisotopic (exact) mass is 449 g/mol. The average molecular weight is 450 g/mol. The smallest absolute Gasteiger partial charge is 0.174 e. The second-order valence-corrected chi connectivity index (χ2v) is 6.73. The third-order valence-electron chi connectivity index (χ3n) is 4.18. The van der Waals surface area contributed by atoms with E-state index in [1.54, 1.807) is 18.2 Å². The van der Waals surface area contributed by atoms with Gasteiger partial charge in [0, 0.05) is 0 Å². The number of methoxy groups -OCH3 is 2. The number of rotatable bonds is 5. The van der Waals surface area contributed by atoms with E-state index in [2.05, 4.69) is 33.2 Å². The van der Waals surface area contributed by atoms with Crippen molar-refractivity contribution in [2.75, 3.05) is 20.0 Å². The normalized spacial score (nSPS) is 10.9. The largest absolute Gasteiger partial charge is 0.493 e. The third-order valence-corrected chi connectivity index (χ3v) is 4.77. The predicted molar refractivity (Wildman–Crippen MR) is 113 cm³/mol. The van der Waals surface area contributed by atoms with Gasteiger partial charge in [-0.2, -0.15) is 15.6 Å². The fourth-order valence-corrected chi connectivity index (χ4v) is 3.46. The quantitative estimate of drug-likeness (QED) is 0.585. The van der Waals surface area contributed by atoms with Crippen molar-refractivity contribution >= 4 is 33.4 Å². The number of nitrogens with two attached hydrogens (primary N) is 1. The van der Waals surface area contributed by atoms with Crippen molar-refractivity contribution in [3.8, 4) is 29.3 Å². The first-order chi connectivity index (χ1) is 14.0. The van der Waals surface area contributed by atoms with Gasteiger partial charge >= 0.3 is 0 Å². The van der Waals surface area contributed by atoms with Crippen LogP contribution in [0.1, 0.15) is 16.8 Å². The van der Waals surface area contributed by atoms with Crippen molar-refractivity contribution in [2.24, 2.45) is 0 Å². The molecule has 0 aliphatic carbocycles. The maximum atomic E-state index is 9.74. The number of halogens is 1. The molecule has 0 fully saturated rings.